The van der Waals surface area contributed by atoms with E-state index >= 15 is 0 Å². The summed E-state index contributed by atoms with van der Waals surface area (Å²) in [4.78, 5) is 12.2. The maximum atomic E-state index is 13.7. The highest BCUT2D eigenvalue weighted by Crippen LogP contribution is 2.18. The van der Waals surface area contributed by atoms with Crippen LogP contribution in [0.5, 0.6) is 5.75 Å². The second-order valence-corrected chi connectivity index (χ2v) is 4.48. The zero-order chi connectivity index (χ0) is 15.9. The maximum Gasteiger partial charge on any atom is 0.206 e. The summed E-state index contributed by atoms with van der Waals surface area (Å²) in [6.07, 6.45) is 1.43. The molecule has 0 fully saturated rings. The number of ketones is 1. The number of nitriles is 1. The molecular weight excluding hydrogens is 281 g/mol. The van der Waals surface area contributed by atoms with Crippen molar-refractivity contribution >= 4 is 11.9 Å². The molecule has 3 nitrogen and oxygen atoms in total. The van der Waals surface area contributed by atoms with Gasteiger partial charge in [0.15, 0.2) is 0 Å². The predicted octanol–water partition coefficient (Wildman–Crippen LogP) is 4.01. The molecule has 0 heterocycles. The molecule has 0 aromatic heterocycles. The van der Waals surface area contributed by atoms with Crippen LogP contribution in [0.15, 0.2) is 54.1 Å². The van der Waals surface area contributed by atoms with Crippen LogP contribution < -0.4 is 4.74 Å². The van der Waals surface area contributed by atoms with Crippen molar-refractivity contribution in [3.63, 3.8) is 0 Å². The fourth-order valence-electron chi connectivity index (χ4n) is 1.97. The molecular formula is C18H14FNO2. The van der Waals surface area contributed by atoms with E-state index in [2.05, 4.69) is 0 Å². The number of halogens is 1. The largest absolute Gasteiger partial charge is 0.494 e. The number of hydrogen-bond acceptors (Lipinski definition) is 3. The number of nitrogens with zero attached hydrogens (tertiary/aromatic N) is 1. The first-order valence-corrected chi connectivity index (χ1v) is 6.79. The van der Waals surface area contributed by atoms with Gasteiger partial charge in [-0.25, -0.2) is 4.39 Å². The van der Waals surface area contributed by atoms with Crippen molar-refractivity contribution in [1.29, 1.82) is 5.26 Å². The first kappa shape index (κ1) is 15.5. The lowest BCUT2D eigenvalue weighted by Gasteiger charge is -2.04. The topological polar surface area (TPSA) is 50.1 Å². The Morgan fingerprint density at radius 2 is 2.05 bits per heavy atom. The van der Waals surface area contributed by atoms with E-state index in [0.29, 0.717) is 17.9 Å². The highest BCUT2D eigenvalue weighted by atomic mass is 19.1. The van der Waals surface area contributed by atoms with Crippen molar-refractivity contribution in [2.75, 3.05) is 6.61 Å². The Labute approximate surface area is 128 Å². The molecule has 0 N–H and O–H groups in total. The summed E-state index contributed by atoms with van der Waals surface area (Å²) < 4.78 is 19.0. The van der Waals surface area contributed by atoms with Crippen molar-refractivity contribution in [2.24, 2.45) is 0 Å². The van der Waals surface area contributed by atoms with Crippen molar-refractivity contribution in [3.8, 4) is 11.8 Å². The molecule has 4 heteroatoms. The van der Waals surface area contributed by atoms with Crippen molar-refractivity contribution in [3.05, 3.63) is 71.0 Å². The van der Waals surface area contributed by atoms with Gasteiger partial charge in [-0.1, -0.05) is 24.3 Å². The first-order chi connectivity index (χ1) is 10.7. The van der Waals surface area contributed by atoms with Crippen LogP contribution in [0.2, 0.25) is 0 Å². The highest BCUT2D eigenvalue weighted by Gasteiger charge is 2.15. The normalized spacial score (nSPS) is 10.9. The van der Waals surface area contributed by atoms with Gasteiger partial charge in [-0.05, 0) is 42.8 Å². The lowest BCUT2D eigenvalue weighted by Crippen LogP contribution is -2.04. The Kier molecular flexibility index (Phi) is 5.05. The summed E-state index contributed by atoms with van der Waals surface area (Å²) >= 11 is 0. The van der Waals surface area contributed by atoms with Gasteiger partial charge in [-0.3, -0.25) is 4.79 Å². The predicted molar refractivity (Wildman–Crippen MR) is 81.9 cm³/mol. The molecule has 0 spiro atoms. The van der Waals surface area contributed by atoms with E-state index < -0.39 is 11.6 Å². The Bertz CT molecular complexity index is 760. The van der Waals surface area contributed by atoms with Crippen molar-refractivity contribution in [2.45, 2.75) is 6.92 Å². The first-order valence-electron chi connectivity index (χ1n) is 6.79. The van der Waals surface area contributed by atoms with Crippen LogP contribution in [0.25, 0.3) is 6.08 Å². The molecule has 0 aliphatic carbocycles. The molecule has 0 aliphatic rings. The van der Waals surface area contributed by atoms with E-state index in [0.717, 1.165) is 0 Å². The molecule has 2 aromatic carbocycles. The Morgan fingerprint density at radius 1 is 1.27 bits per heavy atom. The van der Waals surface area contributed by atoms with Crippen LogP contribution >= 0.6 is 0 Å². The van der Waals surface area contributed by atoms with Gasteiger partial charge in [-0.2, -0.15) is 5.26 Å². The van der Waals surface area contributed by atoms with E-state index in [4.69, 9.17) is 4.74 Å². The van der Waals surface area contributed by atoms with Gasteiger partial charge >= 0.3 is 0 Å². The van der Waals surface area contributed by atoms with E-state index in [-0.39, 0.29) is 11.1 Å². The molecule has 22 heavy (non-hydrogen) atoms. The van der Waals surface area contributed by atoms with Crippen molar-refractivity contribution in [1.82, 2.24) is 0 Å². The van der Waals surface area contributed by atoms with Gasteiger partial charge in [0.05, 0.1) is 12.2 Å². The van der Waals surface area contributed by atoms with Crippen LogP contribution in [-0.2, 0) is 0 Å². The third kappa shape index (κ3) is 3.58. The molecule has 0 unspecified atom stereocenters. The fourth-order valence-corrected chi connectivity index (χ4v) is 1.97. The number of benzene rings is 2. The minimum atomic E-state index is -0.642. The summed E-state index contributed by atoms with van der Waals surface area (Å²) in [5.41, 5.74) is 0.405. The van der Waals surface area contributed by atoms with Crippen LogP contribution in [-0.4, -0.2) is 12.4 Å². The standard InChI is InChI=1S/C18H14FNO2/c1-2-22-15-7-5-6-13(11-15)10-14(12-20)18(21)16-8-3-4-9-17(16)19/h3-11H,2H2,1H3. The van der Waals surface area contributed by atoms with Gasteiger partial charge in [0, 0.05) is 0 Å². The maximum absolute atomic E-state index is 13.7. The van der Waals surface area contributed by atoms with E-state index in [1.807, 2.05) is 13.0 Å². The SMILES string of the molecule is CCOc1cccc(C=C(C#N)C(=O)c2ccccc2F)c1. The molecule has 0 radical (unpaired) electrons. The smallest absolute Gasteiger partial charge is 0.206 e. The number of allylic oxidation sites excluding steroid dienone is 1. The Morgan fingerprint density at radius 3 is 2.73 bits per heavy atom. The van der Waals surface area contributed by atoms with E-state index in [9.17, 15) is 14.4 Å². The summed E-state index contributed by atoms with van der Waals surface area (Å²) in [5, 5.41) is 9.19. The Balaban J connectivity index is 2.36. The van der Waals surface area contributed by atoms with Gasteiger partial charge in [0.25, 0.3) is 0 Å². The minimum absolute atomic E-state index is 0.115. The lowest BCUT2D eigenvalue weighted by molar-refractivity contribution is 0.103. The highest BCUT2D eigenvalue weighted by molar-refractivity contribution is 6.14. The summed E-state index contributed by atoms with van der Waals surface area (Å²) in [6, 6.07) is 14.4. The second kappa shape index (κ2) is 7.19. The van der Waals surface area contributed by atoms with Crippen LogP contribution in [0.1, 0.15) is 22.8 Å². The average Bonchev–Trinajstić information content (AvgIpc) is 2.53. The van der Waals surface area contributed by atoms with E-state index in [1.54, 1.807) is 30.3 Å². The third-order valence-electron chi connectivity index (χ3n) is 2.96. The lowest BCUT2D eigenvalue weighted by atomic mass is 10.0. The number of carbonyl (C=O) groups excluding carboxylic acids is 1. The number of carbonyl (C=O) groups is 1. The van der Waals surface area contributed by atoms with Gasteiger partial charge < -0.3 is 4.74 Å². The third-order valence-corrected chi connectivity index (χ3v) is 2.96. The average molecular weight is 295 g/mol. The molecule has 0 atom stereocenters. The van der Waals surface area contributed by atoms with Gasteiger partial charge in [0.1, 0.15) is 23.2 Å². The van der Waals surface area contributed by atoms with Crippen LogP contribution in [0.4, 0.5) is 4.39 Å². The zero-order valence-corrected chi connectivity index (χ0v) is 12.0. The number of rotatable bonds is 5. The molecule has 2 rings (SSSR count). The number of Topliss-reactive ketones (excluding diaryl/α,β-unsaturated/α-hetero) is 1. The minimum Gasteiger partial charge on any atom is -0.494 e. The molecule has 0 bridgehead atoms. The summed E-state index contributed by atoms with van der Waals surface area (Å²) in [6.45, 7) is 2.39. The molecule has 0 saturated heterocycles. The molecule has 0 amide bonds. The molecule has 2 aromatic rings. The second-order valence-electron chi connectivity index (χ2n) is 4.48. The zero-order valence-electron chi connectivity index (χ0n) is 12.0. The van der Waals surface area contributed by atoms with Gasteiger partial charge in [-0.15, -0.1) is 0 Å². The summed E-state index contributed by atoms with van der Waals surface area (Å²) in [7, 11) is 0. The van der Waals surface area contributed by atoms with E-state index in [1.165, 1.54) is 24.3 Å². The van der Waals surface area contributed by atoms with Crippen LogP contribution in [0.3, 0.4) is 0 Å². The fraction of sp³-hybridized carbons (Fsp3) is 0.111. The monoisotopic (exact) mass is 295 g/mol. The molecule has 0 saturated carbocycles. The van der Waals surface area contributed by atoms with Gasteiger partial charge in [0.2, 0.25) is 5.78 Å². The number of ether oxygens (including phenoxy) is 1. The van der Waals surface area contributed by atoms with Crippen molar-refractivity contribution < 1.29 is 13.9 Å². The number of hydrogen-bond donors (Lipinski definition) is 0. The Hall–Kier alpha value is -2.93. The quantitative estimate of drug-likeness (QED) is 0.475. The molecule has 0 aliphatic heterocycles. The van der Waals surface area contributed by atoms with Crippen LogP contribution in [0, 0.1) is 17.1 Å². The molecule has 110 valence electrons. The summed E-state index contributed by atoms with van der Waals surface area (Å²) in [5.74, 6) is -0.633.